The van der Waals surface area contributed by atoms with Crippen molar-refractivity contribution in [3.63, 3.8) is 0 Å². The van der Waals surface area contributed by atoms with E-state index in [0.29, 0.717) is 30.7 Å². The van der Waals surface area contributed by atoms with Crippen LogP contribution >= 0.6 is 0 Å². The quantitative estimate of drug-likeness (QED) is 0.766. The van der Waals surface area contributed by atoms with Gasteiger partial charge in [-0.15, -0.1) is 0 Å². The molecule has 1 atom stereocenters. The van der Waals surface area contributed by atoms with E-state index in [1.807, 2.05) is 6.92 Å². The van der Waals surface area contributed by atoms with E-state index in [9.17, 15) is 14.3 Å². The lowest BCUT2D eigenvalue weighted by Crippen LogP contribution is -2.31. The lowest BCUT2D eigenvalue weighted by atomic mass is 10.1. The van der Waals surface area contributed by atoms with Crippen molar-refractivity contribution in [3.8, 4) is 11.3 Å². The zero-order chi connectivity index (χ0) is 15.9. The number of hydrogen-bond acceptors (Lipinski definition) is 3. The van der Waals surface area contributed by atoms with Crippen molar-refractivity contribution >= 4 is 11.7 Å². The monoisotopic (exact) mass is 306 g/mol. The topological polar surface area (TPSA) is 74.5 Å². The Hall–Kier alpha value is -2.34. The number of amides is 2. The van der Waals surface area contributed by atoms with E-state index in [2.05, 4.69) is 10.6 Å². The van der Waals surface area contributed by atoms with Crippen molar-refractivity contribution < 1.29 is 18.7 Å². The van der Waals surface area contributed by atoms with E-state index < -0.39 is 18.0 Å². The normalized spacial score (nSPS) is 12.0. The predicted octanol–water partition coefficient (Wildman–Crippen LogP) is 3.37. The van der Waals surface area contributed by atoms with E-state index in [-0.39, 0.29) is 5.69 Å². The molecule has 3 N–H and O–H groups in total. The fourth-order valence-corrected chi connectivity index (χ4v) is 1.94. The van der Waals surface area contributed by atoms with Crippen LogP contribution in [0.4, 0.5) is 14.9 Å². The molecule has 2 rings (SSSR count). The summed E-state index contributed by atoms with van der Waals surface area (Å²) in [6.45, 7) is 2.18. The summed E-state index contributed by atoms with van der Waals surface area (Å²) in [7, 11) is 0. The van der Waals surface area contributed by atoms with Gasteiger partial charge in [0.15, 0.2) is 0 Å². The van der Waals surface area contributed by atoms with Gasteiger partial charge in [-0.25, -0.2) is 9.18 Å². The number of carbonyl (C=O) groups is 1. The molecule has 1 aromatic carbocycles. The summed E-state index contributed by atoms with van der Waals surface area (Å²) >= 11 is 0. The SMILES string of the molecule is CCC(O)CCNC(=O)Nc1cc(-c2ccco2)ccc1F. The van der Waals surface area contributed by atoms with Gasteiger partial charge in [0, 0.05) is 12.1 Å². The Morgan fingerprint density at radius 3 is 2.91 bits per heavy atom. The smallest absolute Gasteiger partial charge is 0.319 e. The Labute approximate surface area is 128 Å². The highest BCUT2D eigenvalue weighted by atomic mass is 19.1. The molecule has 0 aliphatic rings. The van der Waals surface area contributed by atoms with Crippen LogP contribution < -0.4 is 10.6 Å². The van der Waals surface area contributed by atoms with Crippen molar-refractivity contribution in [2.45, 2.75) is 25.9 Å². The Balaban J connectivity index is 1.97. The number of nitrogens with one attached hydrogen (secondary N) is 2. The largest absolute Gasteiger partial charge is 0.464 e. The maximum atomic E-state index is 13.8. The molecule has 0 spiro atoms. The molecule has 0 aliphatic heterocycles. The second-order valence-corrected chi connectivity index (χ2v) is 4.90. The van der Waals surface area contributed by atoms with Crippen LogP contribution in [0, 0.1) is 5.82 Å². The average molecular weight is 306 g/mol. The van der Waals surface area contributed by atoms with Crippen LogP contribution in [0.25, 0.3) is 11.3 Å². The Bertz CT molecular complexity index is 614. The van der Waals surface area contributed by atoms with Gasteiger partial charge in [0.2, 0.25) is 0 Å². The van der Waals surface area contributed by atoms with Crippen LogP contribution in [-0.2, 0) is 0 Å². The molecule has 0 bridgehead atoms. The van der Waals surface area contributed by atoms with Gasteiger partial charge in [-0.2, -0.15) is 0 Å². The molecular formula is C16H19FN2O3. The highest BCUT2D eigenvalue weighted by molar-refractivity contribution is 5.90. The number of aliphatic hydroxyl groups is 1. The predicted molar refractivity (Wildman–Crippen MR) is 82.0 cm³/mol. The van der Waals surface area contributed by atoms with Crippen molar-refractivity contribution in [2.24, 2.45) is 0 Å². The molecule has 0 saturated carbocycles. The number of halogens is 1. The van der Waals surface area contributed by atoms with Gasteiger partial charge < -0.3 is 20.2 Å². The Morgan fingerprint density at radius 1 is 1.41 bits per heavy atom. The van der Waals surface area contributed by atoms with Gasteiger partial charge in [0.05, 0.1) is 18.1 Å². The maximum Gasteiger partial charge on any atom is 0.319 e. The third kappa shape index (κ3) is 4.33. The van der Waals surface area contributed by atoms with E-state index in [1.165, 1.54) is 18.4 Å². The van der Waals surface area contributed by atoms with Gasteiger partial charge in [0.1, 0.15) is 11.6 Å². The number of hydrogen-bond donors (Lipinski definition) is 3. The number of benzene rings is 1. The third-order valence-electron chi connectivity index (χ3n) is 3.25. The molecule has 0 aliphatic carbocycles. The summed E-state index contributed by atoms with van der Waals surface area (Å²) < 4.78 is 19.0. The first-order chi connectivity index (χ1) is 10.6. The van der Waals surface area contributed by atoms with Gasteiger partial charge >= 0.3 is 6.03 Å². The van der Waals surface area contributed by atoms with Crippen molar-refractivity contribution in [3.05, 3.63) is 42.4 Å². The van der Waals surface area contributed by atoms with Crippen LogP contribution in [0.15, 0.2) is 41.0 Å². The molecule has 1 aromatic heterocycles. The molecule has 2 aromatic rings. The fraction of sp³-hybridized carbons (Fsp3) is 0.312. The molecule has 6 heteroatoms. The van der Waals surface area contributed by atoms with E-state index in [4.69, 9.17) is 4.42 Å². The Morgan fingerprint density at radius 2 is 2.23 bits per heavy atom. The van der Waals surface area contributed by atoms with Crippen LogP contribution in [0.2, 0.25) is 0 Å². The molecule has 1 unspecified atom stereocenters. The summed E-state index contributed by atoms with van der Waals surface area (Å²) in [4.78, 5) is 11.7. The first kappa shape index (κ1) is 16.0. The van der Waals surface area contributed by atoms with Gasteiger partial charge in [0.25, 0.3) is 0 Å². The number of carbonyl (C=O) groups excluding carboxylic acids is 1. The van der Waals surface area contributed by atoms with Crippen LogP contribution in [0.3, 0.4) is 0 Å². The van der Waals surface area contributed by atoms with Crippen molar-refractivity contribution in [1.29, 1.82) is 0 Å². The summed E-state index contributed by atoms with van der Waals surface area (Å²) in [6.07, 6.45) is 2.17. The molecule has 0 radical (unpaired) electrons. The van der Waals surface area contributed by atoms with Crippen molar-refractivity contribution in [1.82, 2.24) is 5.32 Å². The van der Waals surface area contributed by atoms with Crippen LogP contribution in [-0.4, -0.2) is 23.8 Å². The maximum absolute atomic E-state index is 13.8. The highest BCUT2D eigenvalue weighted by Crippen LogP contribution is 2.25. The van der Waals surface area contributed by atoms with E-state index in [1.54, 1.807) is 18.2 Å². The van der Waals surface area contributed by atoms with Crippen LogP contribution in [0.1, 0.15) is 19.8 Å². The summed E-state index contributed by atoms with van der Waals surface area (Å²) in [5, 5.41) is 14.4. The lowest BCUT2D eigenvalue weighted by Gasteiger charge is -2.11. The zero-order valence-electron chi connectivity index (χ0n) is 12.3. The number of aliphatic hydroxyl groups excluding tert-OH is 1. The molecule has 2 amide bonds. The first-order valence-electron chi connectivity index (χ1n) is 7.16. The highest BCUT2D eigenvalue weighted by Gasteiger charge is 2.10. The van der Waals surface area contributed by atoms with Crippen molar-refractivity contribution in [2.75, 3.05) is 11.9 Å². The molecule has 118 valence electrons. The molecule has 1 heterocycles. The first-order valence-corrected chi connectivity index (χ1v) is 7.16. The summed E-state index contributed by atoms with van der Waals surface area (Å²) in [6, 6.07) is 7.33. The summed E-state index contributed by atoms with van der Waals surface area (Å²) in [5.74, 6) is 0.0635. The number of urea groups is 1. The lowest BCUT2D eigenvalue weighted by molar-refractivity contribution is 0.160. The average Bonchev–Trinajstić information content (AvgIpc) is 3.03. The fourth-order valence-electron chi connectivity index (χ4n) is 1.94. The van der Waals surface area contributed by atoms with Gasteiger partial charge in [-0.3, -0.25) is 0 Å². The second-order valence-electron chi connectivity index (χ2n) is 4.90. The minimum Gasteiger partial charge on any atom is -0.464 e. The minimum absolute atomic E-state index is 0.0717. The van der Waals surface area contributed by atoms with E-state index in [0.717, 1.165) is 0 Å². The van der Waals surface area contributed by atoms with Crippen LogP contribution in [0.5, 0.6) is 0 Å². The van der Waals surface area contributed by atoms with E-state index >= 15 is 0 Å². The zero-order valence-corrected chi connectivity index (χ0v) is 12.3. The Kier molecular flexibility index (Phi) is 5.55. The second kappa shape index (κ2) is 7.61. The van der Waals surface area contributed by atoms with Gasteiger partial charge in [-0.05, 0) is 43.2 Å². The molecule has 22 heavy (non-hydrogen) atoms. The number of furan rings is 1. The molecular weight excluding hydrogens is 287 g/mol. The third-order valence-corrected chi connectivity index (χ3v) is 3.25. The number of rotatable bonds is 6. The summed E-state index contributed by atoms with van der Waals surface area (Å²) in [5.41, 5.74) is 0.741. The molecule has 0 saturated heterocycles. The van der Waals surface area contributed by atoms with Gasteiger partial charge in [-0.1, -0.05) is 6.92 Å². The standard InChI is InChI=1S/C16H19FN2O3/c1-2-12(20)7-8-18-16(21)19-14-10-11(5-6-13(14)17)15-4-3-9-22-15/h3-6,9-10,12,20H,2,7-8H2,1H3,(H2,18,19,21). The minimum atomic E-state index is -0.529. The molecule has 5 nitrogen and oxygen atoms in total. The molecule has 0 fully saturated rings. The number of anilines is 1.